The van der Waals surface area contributed by atoms with Gasteiger partial charge in [0.2, 0.25) is 15.9 Å². The van der Waals surface area contributed by atoms with Crippen LogP contribution in [-0.2, 0) is 14.8 Å². The van der Waals surface area contributed by atoms with E-state index < -0.39 is 16.1 Å². The molecule has 1 heterocycles. The van der Waals surface area contributed by atoms with Crippen molar-refractivity contribution >= 4 is 21.6 Å². The van der Waals surface area contributed by atoms with Gasteiger partial charge in [-0.25, -0.2) is 13.1 Å². The van der Waals surface area contributed by atoms with Gasteiger partial charge in [0.1, 0.15) is 5.75 Å². The van der Waals surface area contributed by atoms with Crippen LogP contribution in [0.15, 0.2) is 47.5 Å². The van der Waals surface area contributed by atoms with Crippen LogP contribution in [0, 0.1) is 0 Å². The quantitative estimate of drug-likeness (QED) is 0.832. The van der Waals surface area contributed by atoms with E-state index in [1.54, 1.807) is 31.3 Å². The zero-order valence-electron chi connectivity index (χ0n) is 13.6. The minimum atomic E-state index is -3.77. The number of sulfonamides is 1. The van der Waals surface area contributed by atoms with Crippen LogP contribution >= 0.6 is 0 Å². The first-order valence-corrected chi connectivity index (χ1v) is 8.70. The van der Waals surface area contributed by atoms with Crippen LogP contribution in [0.2, 0.25) is 0 Å². The number of rotatable bonds is 6. The van der Waals surface area contributed by atoms with Crippen LogP contribution in [0.3, 0.4) is 0 Å². The second kappa shape index (κ2) is 7.41. The summed E-state index contributed by atoms with van der Waals surface area (Å²) in [4.78, 5) is 15.3. The van der Waals surface area contributed by atoms with E-state index in [1.165, 1.54) is 32.2 Å². The Balaban J connectivity index is 2.27. The van der Waals surface area contributed by atoms with Gasteiger partial charge in [0.05, 0.1) is 29.4 Å². The van der Waals surface area contributed by atoms with Crippen molar-refractivity contribution in [1.82, 2.24) is 9.71 Å². The maximum atomic E-state index is 12.5. The summed E-state index contributed by atoms with van der Waals surface area (Å²) in [5, 5.41) is 2.58. The Labute approximate surface area is 141 Å². The molecule has 1 atom stereocenters. The summed E-state index contributed by atoms with van der Waals surface area (Å²) in [5.74, 6) is -0.00984. The number of carbonyl (C=O) groups is 1. The number of amides is 1. The molecular formula is C16H19N3O4S. The molecule has 2 rings (SSSR count). The average molecular weight is 349 g/mol. The maximum Gasteiger partial charge on any atom is 0.241 e. The molecule has 1 aromatic heterocycles. The molecule has 0 spiro atoms. The lowest BCUT2D eigenvalue weighted by molar-refractivity contribution is -0.114. The van der Waals surface area contributed by atoms with Gasteiger partial charge >= 0.3 is 0 Å². The Morgan fingerprint density at radius 2 is 2.00 bits per heavy atom. The van der Waals surface area contributed by atoms with Crippen LogP contribution in [0.5, 0.6) is 5.75 Å². The van der Waals surface area contributed by atoms with Crippen molar-refractivity contribution in [3.63, 3.8) is 0 Å². The molecule has 8 heteroatoms. The van der Waals surface area contributed by atoms with Crippen LogP contribution in [0.1, 0.15) is 25.6 Å². The highest BCUT2D eigenvalue weighted by molar-refractivity contribution is 7.89. The number of hydrogen-bond acceptors (Lipinski definition) is 5. The third-order valence-electron chi connectivity index (χ3n) is 3.26. The standard InChI is InChI=1S/C16H19N3O4S/c1-11(14-6-4-5-9-17-14)19-24(21,22)13-7-8-15(18-12(2)20)16(10-13)23-3/h4-11,19H,1-3H3,(H,18,20)/t11-/m1/s1. The fraction of sp³-hybridized carbons (Fsp3) is 0.250. The summed E-state index contributed by atoms with van der Waals surface area (Å²) < 4.78 is 32.8. The lowest BCUT2D eigenvalue weighted by Gasteiger charge is -2.15. The summed E-state index contributed by atoms with van der Waals surface area (Å²) in [6.45, 7) is 3.07. The molecule has 0 saturated heterocycles. The molecule has 0 aliphatic rings. The van der Waals surface area contributed by atoms with Gasteiger partial charge in [0.25, 0.3) is 0 Å². The first-order chi connectivity index (χ1) is 11.3. The highest BCUT2D eigenvalue weighted by Gasteiger charge is 2.20. The van der Waals surface area contributed by atoms with E-state index in [2.05, 4.69) is 15.0 Å². The SMILES string of the molecule is COc1cc(S(=O)(=O)N[C@H](C)c2ccccn2)ccc1NC(C)=O. The first kappa shape index (κ1) is 17.9. The summed E-state index contributed by atoms with van der Waals surface area (Å²) in [7, 11) is -2.36. The van der Waals surface area contributed by atoms with Gasteiger partial charge in [-0.3, -0.25) is 9.78 Å². The molecular weight excluding hydrogens is 330 g/mol. The van der Waals surface area contributed by atoms with Crippen molar-refractivity contribution in [2.45, 2.75) is 24.8 Å². The minimum absolute atomic E-state index is 0.0382. The molecule has 0 bridgehead atoms. The Bertz CT molecular complexity index is 822. The van der Waals surface area contributed by atoms with Crippen LogP contribution in [0.4, 0.5) is 5.69 Å². The third kappa shape index (κ3) is 4.30. The van der Waals surface area contributed by atoms with Crippen molar-refractivity contribution in [3.8, 4) is 5.75 Å². The number of methoxy groups -OCH3 is 1. The lowest BCUT2D eigenvalue weighted by Crippen LogP contribution is -2.27. The van der Waals surface area contributed by atoms with Crippen molar-refractivity contribution in [3.05, 3.63) is 48.3 Å². The molecule has 24 heavy (non-hydrogen) atoms. The predicted octanol–water partition coefficient (Wildman–Crippen LogP) is 2.09. The number of carbonyl (C=O) groups excluding carboxylic acids is 1. The van der Waals surface area contributed by atoms with Crippen molar-refractivity contribution < 1.29 is 17.9 Å². The number of aromatic nitrogens is 1. The zero-order valence-corrected chi connectivity index (χ0v) is 14.4. The highest BCUT2D eigenvalue weighted by Crippen LogP contribution is 2.28. The molecule has 1 amide bonds. The van der Waals surface area contributed by atoms with E-state index in [-0.39, 0.29) is 16.6 Å². The van der Waals surface area contributed by atoms with Gasteiger partial charge in [0, 0.05) is 19.2 Å². The third-order valence-corrected chi connectivity index (χ3v) is 4.80. The second-order valence-electron chi connectivity index (χ2n) is 5.14. The summed E-state index contributed by atoms with van der Waals surface area (Å²) in [5.41, 5.74) is 1.02. The number of benzene rings is 1. The number of hydrogen-bond donors (Lipinski definition) is 2. The second-order valence-corrected chi connectivity index (χ2v) is 6.85. The minimum Gasteiger partial charge on any atom is -0.495 e. The maximum absolute atomic E-state index is 12.5. The molecule has 7 nitrogen and oxygen atoms in total. The van der Waals surface area contributed by atoms with Crippen LogP contribution in [-0.4, -0.2) is 26.4 Å². The smallest absolute Gasteiger partial charge is 0.241 e. The van der Waals surface area contributed by atoms with Gasteiger partial charge in [-0.05, 0) is 31.2 Å². The van der Waals surface area contributed by atoms with Gasteiger partial charge < -0.3 is 10.1 Å². The zero-order chi connectivity index (χ0) is 17.7. The summed E-state index contributed by atoms with van der Waals surface area (Å²) in [6, 6.07) is 9.06. The normalized spacial score (nSPS) is 12.5. The van der Waals surface area contributed by atoms with Crippen LogP contribution < -0.4 is 14.8 Å². The van der Waals surface area contributed by atoms with Crippen molar-refractivity contribution in [2.24, 2.45) is 0 Å². The van der Waals surface area contributed by atoms with E-state index in [0.29, 0.717) is 11.4 Å². The van der Waals surface area contributed by atoms with Gasteiger partial charge in [-0.2, -0.15) is 0 Å². The molecule has 2 aromatic rings. The van der Waals surface area contributed by atoms with E-state index in [0.717, 1.165) is 0 Å². The molecule has 2 N–H and O–H groups in total. The van der Waals surface area contributed by atoms with E-state index in [9.17, 15) is 13.2 Å². The molecule has 0 aliphatic carbocycles. The van der Waals surface area contributed by atoms with E-state index in [1.807, 2.05) is 0 Å². The van der Waals surface area contributed by atoms with Crippen molar-refractivity contribution in [2.75, 3.05) is 12.4 Å². The Hall–Kier alpha value is -2.45. The average Bonchev–Trinajstić information content (AvgIpc) is 2.55. The number of anilines is 1. The fourth-order valence-corrected chi connectivity index (χ4v) is 3.36. The monoisotopic (exact) mass is 349 g/mol. The Morgan fingerprint density at radius 3 is 2.58 bits per heavy atom. The van der Waals surface area contributed by atoms with Gasteiger partial charge in [0.15, 0.2) is 0 Å². The molecule has 0 unspecified atom stereocenters. The highest BCUT2D eigenvalue weighted by atomic mass is 32.2. The molecule has 1 aromatic carbocycles. The Morgan fingerprint density at radius 1 is 1.25 bits per heavy atom. The predicted molar refractivity (Wildman–Crippen MR) is 90.3 cm³/mol. The number of pyridine rings is 1. The molecule has 0 fully saturated rings. The molecule has 0 saturated carbocycles. The number of ether oxygens (including phenoxy) is 1. The fourth-order valence-electron chi connectivity index (χ4n) is 2.12. The van der Waals surface area contributed by atoms with E-state index >= 15 is 0 Å². The topological polar surface area (TPSA) is 97.4 Å². The van der Waals surface area contributed by atoms with Gasteiger partial charge in [-0.1, -0.05) is 6.07 Å². The molecule has 0 radical (unpaired) electrons. The Kier molecular flexibility index (Phi) is 5.53. The molecule has 128 valence electrons. The van der Waals surface area contributed by atoms with Gasteiger partial charge in [-0.15, -0.1) is 0 Å². The summed E-state index contributed by atoms with van der Waals surface area (Å²) >= 11 is 0. The van der Waals surface area contributed by atoms with E-state index in [4.69, 9.17) is 4.74 Å². The first-order valence-electron chi connectivity index (χ1n) is 7.22. The molecule has 0 aliphatic heterocycles. The largest absolute Gasteiger partial charge is 0.495 e. The van der Waals surface area contributed by atoms with Crippen molar-refractivity contribution in [1.29, 1.82) is 0 Å². The number of nitrogens with zero attached hydrogens (tertiary/aromatic N) is 1. The summed E-state index contributed by atoms with van der Waals surface area (Å²) in [6.07, 6.45) is 1.60. The lowest BCUT2D eigenvalue weighted by atomic mass is 10.2. The van der Waals surface area contributed by atoms with Crippen LogP contribution in [0.25, 0.3) is 0 Å². The number of nitrogens with one attached hydrogen (secondary N) is 2.